The molecule has 1 aromatic heterocycles. The van der Waals surface area contributed by atoms with E-state index < -0.39 is 12.0 Å². The number of nitrogens with zero attached hydrogens (tertiary/aromatic N) is 2. The lowest BCUT2D eigenvalue weighted by Crippen LogP contribution is -2.39. The Morgan fingerprint density at radius 2 is 2.00 bits per heavy atom. The number of nitrogens with one attached hydrogen (secondary N) is 1. The first-order chi connectivity index (χ1) is 11.2. The summed E-state index contributed by atoms with van der Waals surface area (Å²) in [6, 6.07) is 4.13. The van der Waals surface area contributed by atoms with Crippen LogP contribution in [0.15, 0.2) is 18.2 Å². The minimum Gasteiger partial charge on any atom is -0.480 e. The van der Waals surface area contributed by atoms with Crippen molar-refractivity contribution >= 4 is 35.1 Å². The van der Waals surface area contributed by atoms with Gasteiger partial charge in [0, 0.05) is 16.3 Å². The fourth-order valence-corrected chi connectivity index (χ4v) is 2.82. The van der Waals surface area contributed by atoms with Crippen molar-refractivity contribution in [2.75, 3.05) is 0 Å². The smallest absolute Gasteiger partial charge is 0.325 e. The molecule has 0 saturated carbocycles. The van der Waals surface area contributed by atoms with Crippen LogP contribution in [-0.2, 0) is 16.0 Å². The van der Waals surface area contributed by atoms with E-state index in [9.17, 15) is 9.59 Å². The van der Waals surface area contributed by atoms with Gasteiger partial charge in [-0.3, -0.25) is 9.59 Å². The Hall–Kier alpha value is -2.05. The second-order valence-electron chi connectivity index (χ2n) is 5.46. The van der Waals surface area contributed by atoms with Gasteiger partial charge in [0.25, 0.3) is 0 Å². The van der Waals surface area contributed by atoms with Crippen LogP contribution in [0, 0.1) is 13.8 Å². The van der Waals surface area contributed by atoms with Gasteiger partial charge in [-0.1, -0.05) is 23.2 Å². The Labute approximate surface area is 149 Å². The second kappa shape index (κ2) is 7.23. The van der Waals surface area contributed by atoms with E-state index in [1.54, 1.807) is 29.8 Å². The zero-order valence-electron chi connectivity index (χ0n) is 13.4. The lowest BCUT2D eigenvalue weighted by molar-refractivity contribution is -0.141. The Morgan fingerprint density at radius 1 is 1.33 bits per heavy atom. The first-order valence-electron chi connectivity index (χ1n) is 7.23. The first kappa shape index (κ1) is 18.3. The van der Waals surface area contributed by atoms with E-state index >= 15 is 0 Å². The summed E-state index contributed by atoms with van der Waals surface area (Å²) in [5, 5.41) is 16.7. The average Bonchev–Trinajstić information content (AvgIpc) is 2.75. The van der Waals surface area contributed by atoms with Gasteiger partial charge in [0.2, 0.25) is 5.91 Å². The molecule has 2 rings (SSSR count). The maximum Gasteiger partial charge on any atom is 0.325 e. The molecule has 0 bridgehead atoms. The summed E-state index contributed by atoms with van der Waals surface area (Å²) in [5.74, 6) is -1.46. The molecular weight excluding hydrogens is 353 g/mol. The standard InChI is InChI=1S/C16H17Cl2N3O3/c1-8-12(7-15(22)19-9(2)16(23)24)10(3)21(20-8)14-5-4-11(17)6-13(14)18/h4-6,9H,7H2,1-3H3,(H,19,22)(H,23,24)/t9-/m0/s1. The van der Waals surface area contributed by atoms with Crippen LogP contribution in [-0.4, -0.2) is 32.8 Å². The lowest BCUT2D eigenvalue weighted by Gasteiger charge is -2.10. The van der Waals surface area contributed by atoms with Gasteiger partial charge in [0.05, 0.1) is 22.8 Å². The van der Waals surface area contributed by atoms with Crippen molar-refractivity contribution in [2.45, 2.75) is 33.2 Å². The Kier molecular flexibility index (Phi) is 5.51. The van der Waals surface area contributed by atoms with E-state index in [2.05, 4.69) is 10.4 Å². The highest BCUT2D eigenvalue weighted by Crippen LogP contribution is 2.27. The quantitative estimate of drug-likeness (QED) is 0.848. The third-order valence-electron chi connectivity index (χ3n) is 3.66. The van der Waals surface area contributed by atoms with Crippen LogP contribution in [0.2, 0.25) is 10.0 Å². The van der Waals surface area contributed by atoms with Crippen LogP contribution in [0.25, 0.3) is 5.69 Å². The number of aryl methyl sites for hydroxylation is 1. The molecule has 8 heteroatoms. The molecule has 0 radical (unpaired) electrons. The monoisotopic (exact) mass is 369 g/mol. The van der Waals surface area contributed by atoms with Gasteiger partial charge < -0.3 is 10.4 Å². The summed E-state index contributed by atoms with van der Waals surface area (Å²) in [6.07, 6.45) is 0.0422. The first-order valence-corrected chi connectivity index (χ1v) is 7.99. The number of benzene rings is 1. The molecule has 0 fully saturated rings. The van der Waals surface area contributed by atoms with Crippen molar-refractivity contribution in [2.24, 2.45) is 0 Å². The van der Waals surface area contributed by atoms with Gasteiger partial charge >= 0.3 is 5.97 Å². The molecule has 1 amide bonds. The van der Waals surface area contributed by atoms with Crippen LogP contribution >= 0.6 is 23.2 Å². The van der Waals surface area contributed by atoms with Crippen LogP contribution in [0.3, 0.4) is 0 Å². The molecule has 0 saturated heterocycles. The minimum atomic E-state index is -1.08. The van der Waals surface area contributed by atoms with Gasteiger partial charge in [-0.05, 0) is 39.0 Å². The number of aromatic nitrogens is 2. The SMILES string of the molecule is Cc1nn(-c2ccc(Cl)cc2Cl)c(C)c1CC(=O)N[C@@H](C)C(=O)O. The Morgan fingerprint density at radius 3 is 2.58 bits per heavy atom. The zero-order valence-corrected chi connectivity index (χ0v) is 14.9. The van der Waals surface area contributed by atoms with Crippen molar-refractivity contribution in [3.63, 3.8) is 0 Å². The van der Waals surface area contributed by atoms with Crippen molar-refractivity contribution in [3.8, 4) is 5.69 Å². The zero-order chi connectivity index (χ0) is 18.0. The molecular formula is C16H17Cl2N3O3. The molecule has 0 spiro atoms. The van der Waals surface area contributed by atoms with E-state index in [1.807, 2.05) is 6.92 Å². The number of carbonyl (C=O) groups excluding carboxylic acids is 1. The highest BCUT2D eigenvalue weighted by molar-refractivity contribution is 6.35. The number of carboxylic acids is 1. The fraction of sp³-hybridized carbons (Fsp3) is 0.312. The molecule has 128 valence electrons. The van der Waals surface area contributed by atoms with Crippen molar-refractivity contribution in [1.29, 1.82) is 0 Å². The maximum absolute atomic E-state index is 12.0. The summed E-state index contributed by atoms with van der Waals surface area (Å²) in [6.45, 7) is 5.03. The van der Waals surface area contributed by atoms with Crippen LogP contribution in [0.1, 0.15) is 23.9 Å². The number of amides is 1. The van der Waals surface area contributed by atoms with E-state index in [0.29, 0.717) is 21.4 Å². The molecule has 0 aliphatic rings. The Balaban J connectivity index is 2.29. The third kappa shape index (κ3) is 3.88. The third-order valence-corrected chi connectivity index (χ3v) is 4.20. The minimum absolute atomic E-state index is 0.0422. The van der Waals surface area contributed by atoms with Crippen LogP contribution in [0.4, 0.5) is 0 Å². The molecule has 2 aromatic rings. The van der Waals surface area contributed by atoms with Crippen molar-refractivity contribution in [3.05, 3.63) is 45.2 Å². The molecule has 1 heterocycles. The second-order valence-corrected chi connectivity index (χ2v) is 6.30. The van der Waals surface area contributed by atoms with Gasteiger partial charge in [-0.25, -0.2) is 4.68 Å². The van der Waals surface area contributed by atoms with E-state index in [-0.39, 0.29) is 12.3 Å². The average molecular weight is 370 g/mol. The number of hydrogen-bond acceptors (Lipinski definition) is 3. The number of rotatable bonds is 5. The number of carboxylic acid groups (broad SMARTS) is 1. The number of halogens is 2. The summed E-state index contributed by atoms with van der Waals surface area (Å²) in [7, 11) is 0. The maximum atomic E-state index is 12.0. The van der Waals surface area contributed by atoms with Gasteiger partial charge in [0.1, 0.15) is 6.04 Å². The summed E-state index contributed by atoms with van der Waals surface area (Å²) < 4.78 is 1.65. The lowest BCUT2D eigenvalue weighted by atomic mass is 10.1. The van der Waals surface area contributed by atoms with Crippen LogP contribution in [0.5, 0.6) is 0 Å². The number of aliphatic carboxylic acids is 1. The van der Waals surface area contributed by atoms with Gasteiger partial charge in [-0.15, -0.1) is 0 Å². The van der Waals surface area contributed by atoms with Gasteiger partial charge in [0.15, 0.2) is 0 Å². The van der Waals surface area contributed by atoms with E-state index in [0.717, 1.165) is 11.3 Å². The van der Waals surface area contributed by atoms with E-state index in [4.69, 9.17) is 28.3 Å². The molecule has 0 aliphatic carbocycles. The molecule has 1 atom stereocenters. The molecule has 1 aromatic carbocycles. The molecule has 0 unspecified atom stereocenters. The van der Waals surface area contributed by atoms with E-state index in [1.165, 1.54) is 6.92 Å². The summed E-state index contributed by atoms with van der Waals surface area (Å²) in [4.78, 5) is 22.9. The predicted octanol–water partition coefficient (Wildman–Crippen LogP) is 2.93. The molecule has 24 heavy (non-hydrogen) atoms. The largest absolute Gasteiger partial charge is 0.480 e. The number of hydrogen-bond donors (Lipinski definition) is 2. The highest BCUT2D eigenvalue weighted by Gasteiger charge is 2.19. The normalized spacial score (nSPS) is 12.0. The molecule has 0 aliphatic heterocycles. The van der Waals surface area contributed by atoms with Crippen molar-refractivity contribution in [1.82, 2.24) is 15.1 Å². The van der Waals surface area contributed by atoms with Crippen molar-refractivity contribution < 1.29 is 14.7 Å². The van der Waals surface area contributed by atoms with Crippen LogP contribution < -0.4 is 5.32 Å². The van der Waals surface area contributed by atoms with Gasteiger partial charge in [-0.2, -0.15) is 5.10 Å². The fourth-order valence-electron chi connectivity index (χ4n) is 2.33. The topological polar surface area (TPSA) is 84.2 Å². The molecule has 2 N–H and O–H groups in total. The number of carbonyl (C=O) groups is 2. The highest BCUT2D eigenvalue weighted by atomic mass is 35.5. The summed E-state index contributed by atoms with van der Waals surface area (Å²) >= 11 is 12.1. The Bertz CT molecular complexity index is 802. The summed E-state index contributed by atoms with van der Waals surface area (Å²) in [5.41, 5.74) is 2.83. The molecule has 6 nitrogen and oxygen atoms in total. The predicted molar refractivity (Wildman–Crippen MR) is 92.0 cm³/mol.